The lowest BCUT2D eigenvalue weighted by molar-refractivity contribution is 0.305. The summed E-state index contributed by atoms with van der Waals surface area (Å²) in [5, 5.41) is 2.93. The van der Waals surface area contributed by atoms with Gasteiger partial charge in [-0.05, 0) is 36.4 Å². The Labute approximate surface area is 148 Å². The molecule has 0 saturated carbocycles. The molecule has 6 heteroatoms. The highest BCUT2D eigenvalue weighted by Crippen LogP contribution is 2.31. The molecule has 0 bridgehead atoms. The predicted molar refractivity (Wildman–Crippen MR) is 95.4 cm³/mol. The molecule has 0 amide bonds. The number of aromatic nitrogens is 1. The van der Waals surface area contributed by atoms with E-state index in [1.165, 1.54) is 12.1 Å². The zero-order valence-corrected chi connectivity index (χ0v) is 14.7. The van der Waals surface area contributed by atoms with E-state index in [0.717, 1.165) is 27.1 Å². The van der Waals surface area contributed by atoms with Gasteiger partial charge in [0.2, 0.25) is 0 Å². The van der Waals surface area contributed by atoms with Crippen molar-refractivity contribution in [2.75, 3.05) is 7.11 Å². The van der Waals surface area contributed by atoms with Crippen LogP contribution in [0, 0.1) is 5.82 Å². The largest absolute Gasteiger partial charge is 0.496 e. The Morgan fingerprint density at radius 1 is 1.12 bits per heavy atom. The number of para-hydroxylation sites is 1. The van der Waals surface area contributed by atoms with Crippen molar-refractivity contribution in [1.29, 1.82) is 0 Å². The Morgan fingerprint density at radius 3 is 2.71 bits per heavy atom. The molecular weight excluding hydrogens is 345 g/mol. The van der Waals surface area contributed by atoms with Crippen LogP contribution < -0.4 is 9.47 Å². The lowest BCUT2D eigenvalue weighted by Crippen LogP contribution is -1.95. The van der Waals surface area contributed by atoms with Gasteiger partial charge >= 0.3 is 0 Å². The molecular formula is C18H16FNO2S2. The van der Waals surface area contributed by atoms with E-state index in [1.54, 1.807) is 42.3 Å². The van der Waals surface area contributed by atoms with E-state index in [1.807, 2.05) is 29.6 Å². The molecule has 3 rings (SSSR count). The molecule has 0 radical (unpaired) electrons. The highest BCUT2D eigenvalue weighted by atomic mass is 32.2. The van der Waals surface area contributed by atoms with Crippen LogP contribution in [0.3, 0.4) is 0 Å². The lowest BCUT2D eigenvalue weighted by Gasteiger charge is -2.06. The van der Waals surface area contributed by atoms with Gasteiger partial charge in [0.1, 0.15) is 28.9 Å². The van der Waals surface area contributed by atoms with Gasteiger partial charge in [-0.25, -0.2) is 9.37 Å². The smallest absolute Gasteiger partial charge is 0.140 e. The molecule has 24 heavy (non-hydrogen) atoms. The number of rotatable bonds is 7. The Bertz CT molecular complexity index is 790. The number of nitrogens with zero attached hydrogens (tertiary/aromatic N) is 1. The lowest BCUT2D eigenvalue weighted by atomic mass is 10.3. The van der Waals surface area contributed by atoms with Gasteiger partial charge in [-0.2, -0.15) is 0 Å². The van der Waals surface area contributed by atoms with Gasteiger partial charge in [0.15, 0.2) is 0 Å². The third-order valence-corrected chi connectivity index (χ3v) is 5.18. The predicted octanol–water partition coefficient (Wildman–Crippen LogP) is 5.16. The number of hydrogen-bond acceptors (Lipinski definition) is 5. The topological polar surface area (TPSA) is 31.4 Å². The van der Waals surface area contributed by atoms with Gasteiger partial charge in [0, 0.05) is 16.0 Å². The number of halogens is 1. The zero-order valence-electron chi connectivity index (χ0n) is 13.1. The van der Waals surface area contributed by atoms with Crippen LogP contribution in [-0.2, 0) is 12.4 Å². The molecule has 3 nitrogen and oxygen atoms in total. The highest BCUT2D eigenvalue weighted by Gasteiger charge is 2.07. The maximum absolute atomic E-state index is 12.9. The minimum atomic E-state index is -0.271. The van der Waals surface area contributed by atoms with Crippen LogP contribution in [0.25, 0.3) is 0 Å². The summed E-state index contributed by atoms with van der Waals surface area (Å²) < 4.78 is 23.8. The van der Waals surface area contributed by atoms with Gasteiger partial charge in [-0.3, -0.25) is 0 Å². The van der Waals surface area contributed by atoms with E-state index >= 15 is 0 Å². The van der Waals surface area contributed by atoms with E-state index in [-0.39, 0.29) is 5.82 Å². The molecule has 0 aliphatic heterocycles. The minimum absolute atomic E-state index is 0.271. The van der Waals surface area contributed by atoms with E-state index in [9.17, 15) is 4.39 Å². The van der Waals surface area contributed by atoms with Crippen molar-refractivity contribution >= 4 is 23.1 Å². The molecule has 0 aliphatic rings. The van der Waals surface area contributed by atoms with Crippen LogP contribution in [0.2, 0.25) is 0 Å². The second kappa shape index (κ2) is 8.17. The van der Waals surface area contributed by atoms with E-state index in [4.69, 9.17) is 9.47 Å². The second-order valence-electron chi connectivity index (χ2n) is 4.91. The Balaban J connectivity index is 1.54. The molecule has 0 unspecified atom stereocenters. The highest BCUT2D eigenvalue weighted by molar-refractivity contribution is 7.98. The molecule has 0 atom stereocenters. The SMILES string of the molecule is COc1ccccc1SCc1csc(COc2ccc(F)cc2)n1. The van der Waals surface area contributed by atoms with Crippen LogP contribution in [0.1, 0.15) is 10.7 Å². The van der Waals surface area contributed by atoms with E-state index in [0.29, 0.717) is 12.4 Å². The fraction of sp³-hybridized carbons (Fsp3) is 0.167. The van der Waals surface area contributed by atoms with Crippen LogP contribution in [0.5, 0.6) is 11.5 Å². The first-order chi connectivity index (χ1) is 11.7. The average molecular weight is 361 g/mol. The molecule has 0 aliphatic carbocycles. The maximum Gasteiger partial charge on any atom is 0.140 e. The number of ether oxygens (including phenoxy) is 2. The van der Waals surface area contributed by atoms with Gasteiger partial charge in [-0.15, -0.1) is 23.1 Å². The number of hydrogen-bond donors (Lipinski definition) is 0. The molecule has 1 heterocycles. The summed E-state index contributed by atoms with van der Waals surface area (Å²) in [6, 6.07) is 13.9. The van der Waals surface area contributed by atoms with Gasteiger partial charge in [-0.1, -0.05) is 12.1 Å². The van der Waals surface area contributed by atoms with Crippen molar-refractivity contribution in [2.45, 2.75) is 17.3 Å². The first kappa shape index (κ1) is 16.8. The molecule has 1 aromatic heterocycles. The van der Waals surface area contributed by atoms with Gasteiger partial charge in [0.25, 0.3) is 0 Å². The summed E-state index contributed by atoms with van der Waals surface area (Å²) >= 11 is 3.25. The maximum atomic E-state index is 12.9. The third-order valence-electron chi connectivity index (χ3n) is 3.22. The first-order valence-electron chi connectivity index (χ1n) is 7.32. The number of thioether (sulfide) groups is 1. The van der Waals surface area contributed by atoms with Gasteiger partial charge in [0.05, 0.1) is 12.8 Å². The summed E-state index contributed by atoms with van der Waals surface area (Å²) in [7, 11) is 1.67. The molecule has 0 saturated heterocycles. The average Bonchev–Trinajstić information content (AvgIpc) is 3.07. The zero-order chi connectivity index (χ0) is 16.8. The number of methoxy groups -OCH3 is 1. The normalized spacial score (nSPS) is 10.6. The second-order valence-corrected chi connectivity index (χ2v) is 6.87. The summed E-state index contributed by atoms with van der Waals surface area (Å²) in [6.45, 7) is 0.385. The molecule has 3 aromatic rings. The van der Waals surface area contributed by atoms with Crippen LogP contribution >= 0.6 is 23.1 Å². The van der Waals surface area contributed by atoms with E-state index in [2.05, 4.69) is 4.98 Å². The Hall–Kier alpha value is -2.05. The van der Waals surface area contributed by atoms with Crippen molar-refractivity contribution in [3.63, 3.8) is 0 Å². The van der Waals surface area contributed by atoms with Crippen molar-refractivity contribution in [2.24, 2.45) is 0 Å². The Morgan fingerprint density at radius 2 is 1.92 bits per heavy atom. The number of thiazole rings is 1. The number of benzene rings is 2. The van der Waals surface area contributed by atoms with Crippen LogP contribution in [-0.4, -0.2) is 12.1 Å². The Kier molecular flexibility index (Phi) is 5.72. The van der Waals surface area contributed by atoms with Gasteiger partial charge < -0.3 is 9.47 Å². The molecule has 0 spiro atoms. The quantitative estimate of drug-likeness (QED) is 0.544. The van der Waals surface area contributed by atoms with E-state index < -0.39 is 0 Å². The van der Waals surface area contributed by atoms with Crippen molar-refractivity contribution in [3.05, 3.63) is 70.4 Å². The molecule has 0 N–H and O–H groups in total. The van der Waals surface area contributed by atoms with Crippen LogP contribution in [0.15, 0.2) is 58.8 Å². The summed E-state index contributed by atoms with van der Waals surface area (Å²) in [5.41, 5.74) is 1.01. The third kappa shape index (κ3) is 4.49. The summed E-state index contributed by atoms with van der Waals surface area (Å²) in [6.07, 6.45) is 0. The van der Waals surface area contributed by atoms with Crippen molar-refractivity contribution < 1.29 is 13.9 Å². The fourth-order valence-corrected chi connectivity index (χ4v) is 3.78. The van der Waals surface area contributed by atoms with Crippen LogP contribution in [0.4, 0.5) is 4.39 Å². The molecule has 2 aromatic carbocycles. The first-order valence-corrected chi connectivity index (χ1v) is 9.18. The minimum Gasteiger partial charge on any atom is -0.496 e. The standard InChI is InChI=1S/C18H16FNO2S2/c1-21-16-4-2-3-5-17(16)23-11-14-12-24-18(20-14)10-22-15-8-6-13(19)7-9-15/h2-9,12H,10-11H2,1H3. The summed E-state index contributed by atoms with van der Waals surface area (Å²) in [4.78, 5) is 5.67. The van der Waals surface area contributed by atoms with Crippen molar-refractivity contribution in [1.82, 2.24) is 4.98 Å². The molecule has 124 valence electrons. The molecule has 0 fully saturated rings. The summed E-state index contributed by atoms with van der Waals surface area (Å²) in [5.74, 6) is 2.01. The van der Waals surface area contributed by atoms with Crippen molar-refractivity contribution in [3.8, 4) is 11.5 Å². The monoisotopic (exact) mass is 361 g/mol. The fourth-order valence-electron chi connectivity index (χ4n) is 2.05.